The first-order valence-electron chi connectivity index (χ1n) is 6.70. The fourth-order valence-electron chi connectivity index (χ4n) is 2.04. The number of amides is 1. The van der Waals surface area contributed by atoms with Gasteiger partial charge in [0.2, 0.25) is 0 Å². The monoisotopic (exact) mass is 312 g/mol. The van der Waals surface area contributed by atoms with Gasteiger partial charge in [-0.15, -0.1) is 0 Å². The number of halogens is 1. The number of anilines is 1. The number of rotatable bonds is 4. The number of nitrogens with zero attached hydrogens (tertiary/aromatic N) is 3. The Kier molecular flexibility index (Phi) is 4.16. The summed E-state index contributed by atoms with van der Waals surface area (Å²) in [6.45, 7) is 0.643. The number of carbonyl (C=O) groups is 1. The maximum absolute atomic E-state index is 12.1. The van der Waals surface area contributed by atoms with Crippen LogP contribution in [0.2, 0.25) is 5.15 Å². The van der Waals surface area contributed by atoms with Gasteiger partial charge < -0.3 is 5.32 Å². The maximum atomic E-state index is 12.1. The van der Waals surface area contributed by atoms with Crippen molar-refractivity contribution in [2.24, 2.45) is 0 Å². The van der Waals surface area contributed by atoms with Gasteiger partial charge in [-0.2, -0.15) is 5.10 Å². The molecule has 3 rings (SSSR count). The molecule has 2 heterocycles. The maximum Gasteiger partial charge on any atom is 0.258 e. The summed E-state index contributed by atoms with van der Waals surface area (Å²) < 4.78 is 1.76. The molecule has 2 aromatic heterocycles. The molecule has 0 aliphatic heterocycles. The summed E-state index contributed by atoms with van der Waals surface area (Å²) in [4.78, 5) is 16.0. The molecule has 6 heteroatoms. The quantitative estimate of drug-likeness (QED) is 0.752. The van der Waals surface area contributed by atoms with Gasteiger partial charge >= 0.3 is 0 Å². The van der Waals surface area contributed by atoms with Crippen LogP contribution in [0.4, 0.5) is 5.69 Å². The summed E-state index contributed by atoms with van der Waals surface area (Å²) in [5.41, 5.74) is 2.08. The van der Waals surface area contributed by atoms with Crippen LogP contribution in [0.5, 0.6) is 0 Å². The zero-order chi connectivity index (χ0) is 15.4. The average Bonchev–Trinajstić information content (AvgIpc) is 2.95. The lowest BCUT2D eigenvalue weighted by atomic mass is 10.2. The third-order valence-electron chi connectivity index (χ3n) is 3.08. The molecule has 5 nitrogen and oxygen atoms in total. The Morgan fingerprint density at radius 1 is 1.18 bits per heavy atom. The largest absolute Gasteiger partial charge is 0.319 e. The molecule has 0 aliphatic rings. The van der Waals surface area contributed by atoms with Crippen LogP contribution in [0.15, 0.2) is 61.1 Å². The van der Waals surface area contributed by atoms with Gasteiger partial charge in [-0.1, -0.05) is 41.9 Å². The highest BCUT2D eigenvalue weighted by atomic mass is 35.5. The van der Waals surface area contributed by atoms with Crippen molar-refractivity contribution in [2.75, 3.05) is 5.32 Å². The normalized spacial score (nSPS) is 10.4. The van der Waals surface area contributed by atoms with Gasteiger partial charge in [-0.05, 0) is 17.7 Å². The van der Waals surface area contributed by atoms with Crippen LogP contribution in [0.1, 0.15) is 15.9 Å². The third-order valence-corrected chi connectivity index (χ3v) is 3.38. The fourth-order valence-corrected chi connectivity index (χ4v) is 2.24. The standard InChI is InChI=1S/C16H13ClN4O/c17-15-14(7-4-8-18-15)16(22)20-13-9-19-21(11-13)10-12-5-2-1-3-6-12/h1-9,11H,10H2,(H,20,22). The van der Waals surface area contributed by atoms with E-state index < -0.39 is 0 Å². The van der Waals surface area contributed by atoms with E-state index >= 15 is 0 Å². The van der Waals surface area contributed by atoms with Crippen LogP contribution in [-0.2, 0) is 6.54 Å². The minimum atomic E-state index is -0.308. The Hall–Kier alpha value is -2.66. The minimum absolute atomic E-state index is 0.177. The zero-order valence-electron chi connectivity index (χ0n) is 11.6. The first-order valence-corrected chi connectivity index (χ1v) is 7.08. The van der Waals surface area contributed by atoms with Gasteiger partial charge in [-0.3, -0.25) is 9.48 Å². The topological polar surface area (TPSA) is 59.8 Å². The molecule has 0 fully saturated rings. The SMILES string of the molecule is O=C(Nc1cnn(Cc2ccccc2)c1)c1cccnc1Cl. The number of hydrogen-bond donors (Lipinski definition) is 1. The Labute approximate surface area is 132 Å². The van der Waals surface area contributed by atoms with E-state index in [9.17, 15) is 4.79 Å². The summed E-state index contributed by atoms with van der Waals surface area (Å²) in [5, 5.41) is 7.17. The molecule has 0 unspecified atom stereocenters. The lowest BCUT2D eigenvalue weighted by Crippen LogP contribution is -2.12. The van der Waals surface area contributed by atoms with Crippen molar-refractivity contribution in [3.8, 4) is 0 Å². The van der Waals surface area contributed by atoms with Crippen LogP contribution in [0.3, 0.4) is 0 Å². The van der Waals surface area contributed by atoms with Gasteiger partial charge in [0.05, 0.1) is 24.0 Å². The number of aromatic nitrogens is 3. The second-order valence-corrected chi connectivity index (χ2v) is 5.07. The van der Waals surface area contributed by atoms with Crippen molar-refractivity contribution in [1.29, 1.82) is 0 Å². The predicted molar refractivity (Wildman–Crippen MR) is 85.0 cm³/mol. The first-order chi connectivity index (χ1) is 10.7. The Balaban J connectivity index is 1.69. The molecule has 0 atom stereocenters. The van der Waals surface area contributed by atoms with Crippen LogP contribution in [0.25, 0.3) is 0 Å². The van der Waals surface area contributed by atoms with E-state index in [4.69, 9.17) is 11.6 Å². The van der Waals surface area contributed by atoms with Crippen LogP contribution < -0.4 is 5.32 Å². The molecule has 0 bridgehead atoms. The molecule has 3 aromatic rings. The van der Waals surface area contributed by atoms with E-state index in [1.807, 2.05) is 30.3 Å². The zero-order valence-corrected chi connectivity index (χ0v) is 12.4. The molecular weight excluding hydrogens is 300 g/mol. The highest BCUT2D eigenvalue weighted by molar-refractivity contribution is 6.33. The summed E-state index contributed by atoms with van der Waals surface area (Å²) in [5.74, 6) is -0.308. The van der Waals surface area contributed by atoms with Crippen LogP contribution in [0, 0.1) is 0 Å². The lowest BCUT2D eigenvalue weighted by molar-refractivity contribution is 0.102. The van der Waals surface area contributed by atoms with Crippen LogP contribution in [-0.4, -0.2) is 20.7 Å². The number of carbonyl (C=O) groups excluding carboxylic acids is 1. The van der Waals surface area contributed by atoms with Gasteiger partial charge in [0.15, 0.2) is 0 Å². The van der Waals surface area contributed by atoms with Gasteiger partial charge in [0.25, 0.3) is 5.91 Å². The molecule has 0 saturated heterocycles. The van der Waals surface area contributed by atoms with Crippen molar-refractivity contribution >= 4 is 23.2 Å². The van der Waals surface area contributed by atoms with E-state index in [1.165, 1.54) is 6.20 Å². The first kappa shape index (κ1) is 14.3. The third kappa shape index (κ3) is 3.32. The fraction of sp³-hybridized carbons (Fsp3) is 0.0625. The van der Waals surface area contributed by atoms with E-state index in [0.29, 0.717) is 17.8 Å². The van der Waals surface area contributed by atoms with E-state index in [-0.39, 0.29) is 11.1 Å². The molecule has 0 aliphatic carbocycles. The number of benzene rings is 1. The molecule has 1 amide bonds. The molecule has 1 aromatic carbocycles. The van der Waals surface area contributed by atoms with Crippen molar-refractivity contribution < 1.29 is 4.79 Å². The average molecular weight is 313 g/mol. The van der Waals surface area contributed by atoms with Gasteiger partial charge in [0, 0.05) is 12.4 Å². The van der Waals surface area contributed by atoms with Crippen molar-refractivity contribution in [3.05, 3.63) is 77.3 Å². The second-order valence-electron chi connectivity index (χ2n) is 4.71. The van der Waals surface area contributed by atoms with E-state index in [1.54, 1.807) is 29.2 Å². The van der Waals surface area contributed by atoms with Crippen molar-refractivity contribution in [1.82, 2.24) is 14.8 Å². The number of hydrogen-bond acceptors (Lipinski definition) is 3. The molecular formula is C16H13ClN4O. The number of pyridine rings is 1. The molecule has 0 saturated carbocycles. The molecule has 110 valence electrons. The molecule has 0 spiro atoms. The van der Waals surface area contributed by atoms with Gasteiger partial charge in [-0.25, -0.2) is 4.98 Å². The molecule has 22 heavy (non-hydrogen) atoms. The highest BCUT2D eigenvalue weighted by Crippen LogP contribution is 2.14. The smallest absolute Gasteiger partial charge is 0.258 e. The Morgan fingerprint density at radius 3 is 2.77 bits per heavy atom. The Bertz CT molecular complexity index is 786. The van der Waals surface area contributed by atoms with Gasteiger partial charge in [0.1, 0.15) is 5.15 Å². The second kappa shape index (κ2) is 6.41. The van der Waals surface area contributed by atoms with Crippen molar-refractivity contribution in [3.63, 3.8) is 0 Å². The van der Waals surface area contributed by atoms with Crippen LogP contribution >= 0.6 is 11.6 Å². The summed E-state index contributed by atoms with van der Waals surface area (Å²) in [6.07, 6.45) is 4.91. The van der Waals surface area contributed by atoms with E-state index in [0.717, 1.165) is 5.56 Å². The summed E-state index contributed by atoms with van der Waals surface area (Å²) in [6, 6.07) is 13.3. The number of nitrogens with one attached hydrogen (secondary N) is 1. The van der Waals surface area contributed by atoms with Crippen molar-refractivity contribution in [2.45, 2.75) is 6.54 Å². The molecule has 0 radical (unpaired) electrons. The summed E-state index contributed by atoms with van der Waals surface area (Å²) >= 11 is 5.91. The predicted octanol–water partition coefficient (Wildman–Crippen LogP) is 3.23. The van der Waals surface area contributed by atoms with E-state index in [2.05, 4.69) is 15.4 Å². The minimum Gasteiger partial charge on any atom is -0.319 e. The highest BCUT2D eigenvalue weighted by Gasteiger charge is 2.11. The Morgan fingerprint density at radius 2 is 2.00 bits per heavy atom. The lowest BCUT2D eigenvalue weighted by Gasteiger charge is -2.03. The summed E-state index contributed by atoms with van der Waals surface area (Å²) in [7, 11) is 0. The molecule has 1 N–H and O–H groups in total.